The van der Waals surface area contributed by atoms with Crippen molar-refractivity contribution >= 4 is 104 Å². The van der Waals surface area contributed by atoms with Crippen molar-refractivity contribution in [2.24, 2.45) is 20.0 Å². The van der Waals surface area contributed by atoms with Gasteiger partial charge >= 0.3 is 0 Å². The maximum atomic E-state index is 5.55. The van der Waals surface area contributed by atoms with E-state index in [1.807, 2.05) is 0 Å². The maximum absolute atomic E-state index is 5.55. The SMILES string of the molecule is c1ccc2cc3c(cc2c1)C1=NC3=Nc2c3cc4ccccc4cc3c3nc4c5cc6ccccc6cc5c([n+]-4[cH-]n23)N=c2[nH]c(c3cc4ccccc4cc23)=N1. The molecule has 0 spiro atoms. The molecule has 57 heavy (non-hydrogen) atoms. The normalized spacial score (nSPS) is 13.8. The summed E-state index contributed by atoms with van der Waals surface area (Å²) >= 11 is 0. The first-order valence-electron chi connectivity index (χ1n) is 19.1. The van der Waals surface area contributed by atoms with Crippen LogP contribution in [0.3, 0.4) is 0 Å². The van der Waals surface area contributed by atoms with Gasteiger partial charge in [-0.15, -0.1) is 0 Å². The lowest BCUT2D eigenvalue weighted by molar-refractivity contribution is -0.585. The van der Waals surface area contributed by atoms with E-state index in [1.54, 1.807) is 0 Å². The topological polar surface area (TPSA) is 86.4 Å². The van der Waals surface area contributed by atoms with Crippen molar-refractivity contribution in [2.45, 2.75) is 0 Å². The molecule has 0 aliphatic carbocycles. The third-order valence-corrected chi connectivity index (χ3v) is 12.0. The molecule has 262 valence electrons. The van der Waals surface area contributed by atoms with Gasteiger partial charge in [-0.2, -0.15) is 9.98 Å². The second-order valence-corrected chi connectivity index (χ2v) is 15.2. The van der Waals surface area contributed by atoms with Gasteiger partial charge in [0.1, 0.15) is 11.3 Å². The van der Waals surface area contributed by atoms with E-state index in [1.165, 1.54) is 0 Å². The minimum absolute atomic E-state index is 0.603. The Balaban J connectivity index is 1.22. The number of aromatic nitrogens is 4. The largest absolute Gasteiger partial charge is 0.314 e. The lowest BCUT2D eigenvalue weighted by Gasteiger charge is -2.09. The van der Waals surface area contributed by atoms with E-state index in [-0.39, 0.29) is 0 Å². The number of H-pyrrole nitrogens is 1. The third kappa shape index (κ3) is 3.97. The fourth-order valence-corrected chi connectivity index (χ4v) is 9.20. The molecule has 0 saturated carbocycles. The number of amidine groups is 2. The first kappa shape index (κ1) is 29.4. The highest BCUT2D eigenvalue weighted by molar-refractivity contribution is 6.25. The number of rotatable bonds is 0. The minimum Gasteiger partial charge on any atom is -0.314 e. The van der Waals surface area contributed by atoms with Crippen LogP contribution in [0.25, 0.3) is 86.9 Å². The van der Waals surface area contributed by atoms with Crippen molar-refractivity contribution in [3.05, 3.63) is 174 Å². The van der Waals surface area contributed by atoms with E-state index in [9.17, 15) is 0 Å². The molecule has 0 saturated heterocycles. The first-order chi connectivity index (χ1) is 28.2. The average molecular weight is 727 g/mol. The summed E-state index contributed by atoms with van der Waals surface area (Å²) < 4.78 is 4.24. The van der Waals surface area contributed by atoms with Crippen molar-refractivity contribution in [1.82, 2.24) is 14.4 Å². The smallest absolute Gasteiger partial charge is 0.189 e. The Kier molecular flexibility index (Phi) is 5.37. The van der Waals surface area contributed by atoms with E-state index in [4.69, 9.17) is 25.0 Å². The van der Waals surface area contributed by atoms with Crippen molar-refractivity contribution in [1.29, 1.82) is 0 Å². The first-order valence-corrected chi connectivity index (χ1v) is 19.1. The Morgan fingerprint density at radius 3 is 1.47 bits per heavy atom. The Morgan fingerprint density at radius 1 is 0.439 bits per heavy atom. The lowest BCUT2D eigenvalue weighted by atomic mass is 10.0. The zero-order valence-corrected chi connectivity index (χ0v) is 30.1. The van der Waals surface area contributed by atoms with E-state index in [0.717, 1.165) is 115 Å². The molecule has 1 N–H and O–H groups in total. The van der Waals surface area contributed by atoms with E-state index in [0.29, 0.717) is 17.2 Å². The van der Waals surface area contributed by atoms with Gasteiger partial charge in [0.15, 0.2) is 34.4 Å². The quantitative estimate of drug-likeness (QED) is 0.123. The molecule has 0 amide bonds. The Hall–Kier alpha value is -7.97. The number of aromatic amines is 1. The highest BCUT2D eigenvalue weighted by atomic mass is 15.2. The summed E-state index contributed by atoms with van der Waals surface area (Å²) in [5.41, 5.74) is 4.10. The van der Waals surface area contributed by atoms with Crippen molar-refractivity contribution < 1.29 is 4.57 Å². The van der Waals surface area contributed by atoms with Gasteiger partial charge in [0, 0.05) is 43.4 Å². The van der Waals surface area contributed by atoms with Crippen LogP contribution in [0.2, 0.25) is 0 Å². The molecule has 6 bridgehead atoms. The van der Waals surface area contributed by atoms with Gasteiger partial charge in [0.25, 0.3) is 0 Å². The fourth-order valence-electron chi connectivity index (χ4n) is 9.20. The number of fused-ring (bicyclic) bond motifs is 19. The van der Waals surface area contributed by atoms with Crippen LogP contribution in [0.4, 0.5) is 11.6 Å². The summed E-state index contributed by atoms with van der Waals surface area (Å²) in [4.78, 5) is 30.9. The number of nitrogens with zero attached hydrogens (tertiary/aromatic N) is 7. The monoisotopic (exact) mass is 726 g/mol. The second-order valence-electron chi connectivity index (χ2n) is 15.2. The Bertz CT molecular complexity index is 3990. The predicted octanol–water partition coefficient (Wildman–Crippen LogP) is 9.59. The Labute approximate surface area is 322 Å². The zero-order chi connectivity index (χ0) is 36.9. The summed E-state index contributed by atoms with van der Waals surface area (Å²) in [5.74, 6) is 3.56. The number of hydrogen-bond donors (Lipinski definition) is 1. The molecule has 0 unspecified atom stereocenters. The standard InChI is InChI=1S/C49H26N8/c1-3-11-28-19-36-34(17-26(28)9-1)42-50-43-35-18-27-10-2-4-12-29(27)20-37(35)45(52-43)54-47-39-22-31-14-6-8-16-33(31)24-41(39)49-55-48-40-23-32-15-7-5-13-30(32)21-38(40)46(53-44(36)51-42)56(48)25-57(47)49/h1-25H,(H,50,51,52,53,54). The number of aliphatic imine (C=N–C) groups is 2. The van der Waals surface area contributed by atoms with Crippen molar-refractivity contribution in [2.75, 3.05) is 0 Å². The number of hydrogen-bond acceptors (Lipinski definition) is 5. The van der Waals surface area contributed by atoms with E-state index in [2.05, 4.69) is 166 Å². The molecule has 8 heteroatoms. The van der Waals surface area contributed by atoms with Crippen molar-refractivity contribution in [3.8, 4) is 5.82 Å². The van der Waals surface area contributed by atoms with E-state index < -0.39 is 0 Å². The molecule has 0 atom stereocenters. The van der Waals surface area contributed by atoms with Gasteiger partial charge in [-0.3, -0.25) is 4.57 Å². The summed E-state index contributed by atoms with van der Waals surface area (Å²) in [5, 5.41) is 15.1. The van der Waals surface area contributed by atoms with Crippen LogP contribution in [0.15, 0.2) is 172 Å². The number of benzene rings is 8. The molecular formula is C49H26N8. The van der Waals surface area contributed by atoms with Gasteiger partial charge in [-0.25, -0.2) is 15.0 Å². The molecule has 8 aromatic carbocycles. The van der Waals surface area contributed by atoms with Crippen LogP contribution in [0.5, 0.6) is 0 Å². The van der Waals surface area contributed by atoms with E-state index >= 15 is 0 Å². The summed E-state index contributed by atoms with van der Waals surface area (Å²) in [6.45, 7) is 0. The van der Waals surface area contributed by atoms with Crippen LogP contribution in [-0.2, 0) is 0 Å². The third-order valence-electron chi connectivity index (χ3n) is 12.0. The maximum Gasteiger partial charge on any atom is 0.189 e. The summed E-state index contributed by atoms with van der Waals surface area (Å²) in [6, 6.07) is 51.6. The molecule has 2 aromatic heterocycles. The van der Waals surface area contributed by atoms with Gasteiger partial charge < -0.3 is 9.38 Å². The molecule has 0 fully saturated rings. The molecule has 10 aromatic rings. The molecule has 8 nitrogen and oxygen atoms in total. The van der Waals surface area contributed by atoms with Crippen LogP contribution >= 0.6 is 0 Å². The highest BCUT2D eigenvalue weighted by Crippen LogP contribution is 2.40. The lowest BCUT2D eigenvalue weighted by Crippen LogP contribution is -2.32. The molecule has 0 radical (unpaired) electrons. The molecule has 6 heterocycles. The van der Waals surface area contributed by atoms with Crippen molar-refractivity contribution in [3.63, 3.8) is 0 Å². The minimum atomic E-state index is 0.603. The molecule has 14 rings (SSSR count). The number of nitrogens with one attached hydrogen (secondary N) is 1. The van der Waals surface area contributed by atoms with Crippen LogP contribution in [0.1, 0.15) is 11.1 Å². The van der Waals surface area contributed by atoms with Gasteiger partial charge in [0.05, 0.1) is 6.33 Å². The molecule has 4 aliphatic heterocycles. The average Bonchev–Trinajstić information content (AvgIpc) is 3.94. The molecular weight excluding hydrogens is 701 g/mol. The van der Waals surface area contributed by atoms with Gasteiger partial charge in [0.2, 0.25) is 0 Å². The van der Waals surface area contributed by atoms with Crippen LogP contribution in [0, 0.1) is 0 Å². The summed E-state index contributed by atoms with van der Waals surface area (Å²) in [7, 11) is 0. The highest BCUT2D eigenvalue weighted by Gasteiger charge is 2.27. The predicted molar refractivity (Wildman–Crippen MR) is 228 cm³/mol. The summed E-state index contributed by atoms with van der Waals surface area (Å²) in [6.07, 6.45) is 2.11. The zero-order valence-electron chi connectivity index (χ0n) is 30.1. The Morgan fingerprint density at radius 2 is 0.895 bits per heavy atom. The van der Waals surface area contributed by atoms with Crippen LogP contribution in [-0.4, -0.2) is 26.0 Å². The molecule has 4 aliphatic rings. The second kappa shape index (κ2) is 10.4. The van der Waals surface area contributed by atoms with Crippen LogP contribution < -0.4 is 15.5 Å². The van der Waals surface area contributed by atoms with Gasteiger partial charge in [-0.1, -0.05) is 97.1 Å². The fraction of sp³-hybridized carbons (Fsp3) is 0. The van der Waals surface area contributed by atoms with Gasteiger partial charge in [-0.05, 0) is 91.6 Å².